The number of carbonyl (C=O) groups excluding carboxylic acids is 1. The fourth-order valence-electron chi connectivity index (χ4n) is 1.31. The number of nitrogens with one attached hydrogen (secondary N) is 1. The molecule has 0 aliphatic heterocycles. The molecule has 4 nitrogen and oxygen atoms in total. The third kappa shape index (κ3) is 3.56. The highest BCUT2D eigenvalue weighted by molar-refractivity contribution is 5.95. The molecule has 1 aromatic rings. The maximum Gasteiger partial charge on any atom is 0.252 e. The molecule has 0 spiro atoms. The summed E-state index contributed by atoms with van der Waals surface area (Å²) in [7, 11) is 1.51. The molecule has 0 aromatic heterocycles. The number of hydrogen-bond acceptors (Lipinski definition) is 3. The highest BCUT2D eigenvalue weighted by Gasteiger charge is 2.10. The van der Waals surface area contributed by atoms with E-state index in [0.717, 1.165) is 0 Å². The Bertz CT molecular complexity index is 474. The molecule has 1 rings (SSSR count). The molecule has 0 saturated heterocycles. The summed E-state index contributed by atoms with van der Waals surface area (Å²) in [5.41, 5.74) is 0.466. The minimum atomic E-state index is -0.249. The van der Waals surface area contributed by atoms with Crippen LogP contribution in [0.4, 0.5) is 0 Å². The van der Waals surface area contributed by atoms with E-state index in [4.69, 9.17) is 15.9 Å². The molecule has 0 fully saturated rings. The lowest BCUT2D eigenvalue weighted by Crippen LogP contribution is -2.23. The Kier molecular flexibility index (Phi) is 5.33. The number of ether oxygens (including phenoxy) is 2. The average Bonchev–Trinajstić information content (AvgIpc) is 2.42. The first kappa shape index (κ1) is 13.7. The SMILES string of the molecule is C#CCNC(=O)c1ccc(OCC=C)c(OC)c1. The van der Waals surface area contributed by atoms with Gasteiger partial charge in [-0.2, -0.15) is 0 Å². The van der Waals surface area contributed by atoms with E-state index in [1.165, 1.54) is 7.11 Å². The summed E-state index contributed by atoms with van der Waals surface area (Å²) >= 11 is 0. The first-order valence-electron chi connectivity index (χ1n) is 5.36. The Hall–Kier alpha value is -2.41. The van der Waals surface area contributed by atoms with E-state index in [9.17, 15) is 4.79 Å². The van der Waals surface area contributed by atoms with Gasteiger partial charge in [-0.15, -0.1) is 6.42 Å². The first-order chi connectivity index (χ1) is 8.72. The van der Waals surface area contributed by atoms with Crippen LogP contribution in [0.2, 0.25) is 0 Å². The van der Waals surface area contributed by atoms with Crippen molar-refractivity contribution in [1.82, 2.24) is 5.32 Å². The topological polar surface area (TPSA) is 47.6 Å². The minimum Gasteiger partial charge on any atom is -0.493 e. The van der Waals surface area contributed by atoms with Crippen molar-refractivity contribution >= 4 is 5.91 Å². The Balaban J connectivity index is 2.87. The van der Waals surface area contributed by atoms with Crippen LogP contribution >= 0.6 is 0 Å². The molecule has 0 aliphatic rings. The molecule has 0 saturated carbocycles. The summed E-state index contributed by atoms with van der Waals surface area (Å²) in [6, 6.07) is 4.92. The predicted molar refractivity (Wildman–Crippen MR) is 69.9 cm³/mol. The van der Waals surface area contributed by atoms with Gasteiger partial charge in [-0.3, -0.25) is 4.79 Å². The minimum absolute atomic E-state index is 0.190. The van der Waals surface area contributed by atoms with Crippen LogP contribution in [0.25, 0.3) is 0 Å². The van der Waals surface area contributed by atoms with Crippen molar-refractivity contribution in [3.05, 3.63) is 36.4 Å². The number of carbonyl (C=O) groups is 1. The van der Waals surface area contributed by atoms with Crippen LogP contribution in [0.5, 0.6) is 11.5 Å². The summed E-state index contributed by atoms with van der Waals surface area (Å²) in [6.45, 7) is 4.13. The van der Waals surface area contributed by atoms with E-state index >= 15 is 0 Å². The molecule has 0 radical (unpaired) electrons. The van der Waals surface area contributed by atoms with Crippen molar-refractivity contribution in [2.24, 2.45) is 0 Å². The Morgan fingerprint density at radius 2 is 2.33 bits per heavy atom. The summed E-state index contributed by atoms with van der Waals surface area (Å²) < 4.78 is 10.5. The molecular formula is C14H15NO3. The molecule has 1 aromatic carbocycles. The van der Waals surface area contributed by atoms with Gasteiger partial charge in [-0.1, -0.05) is 18.6 Å². The number of hydrogen-bond donors (Lipinski definition) is 1. The van der Waals surface area contributed by atoms with Gasteiger partial charge < -0.3 is 14.8 Å². The molecule has 1 N–H and O–H groups in total. The number of amides is 1. The van der Waals surface area contributed by atoms with Gasteiger partial charge in [-0.05, 0) is 18.2 Å². The fourth-order valence-corrected chi connectivity index (χ4v) is 1.31. The van der Waals surface area contributed by atoms with Crippen LogP contribution in [0.3, 0.4) is 0 Å². The van der Waals surface area contributed by atoms with Crippen LogP contribution in [-0.4, -0.2) is 26.2 Å². The standard InChI is InChI=1S/C14H15NO3/c1-4-8-15-14(16)11-6-7-12(18-9-5-2)13(10-11)17-3/h1,5-7,10H,2,8-9H2,3H3,(H,15,16). The van der Waals surface area contributed by atoms with E-state index in [1.54, 1.807) is 24.3 Å². The van der Waals surface area contributed by atoms with Crippen LogP contribution in [-0.2, 0) is 0 Å². The third-order valence-corrected chi connectivity index (χ3v) is 2.13. The van der Waals surface area contributed by atoms with E-state index in [0.29, 0.717) is 23.7 Å². The quantitative estimate of drug-likeness (QED) is 0.612. The molecule has 0 heterocycles. The predicted octanol–water partition coefficient (Wildman–Crippen LogP) is 1.62. The van der Waals surface area contributed by atoms with Gasteiger partial charge in [0.25, 0.3) is 5.91 Å². The van der Waals surface area contributed by atoms with Gasteiger partial charge in [0.2, 0.25) is 0 Å². The van der Waals surface area contributed by atoms with Gasteiger partial charge in [0, 0.05) is 5.56 Å². The normalized spacial score (nSPS) is 9.11. The number of rotatable bonds is 6. The second-order valence-corrected chi connectivity index (χ2v) is 3.35. The van der Waals surface area contributed by atoms with Crippen LogP contribution in [0.1, 0.15) is 10.4 Å². The summed E-state index contributed by atoms with van der Waals surface area (Å²) in [4.78, 5) is 11.7. The van der Waals surface area contributed by atoms with Gasteiger partial charge in [0.05, 0.1) is 13.7 Å². The second kappa shape index (κ2) is 7.02. The Labute approximate surface area is 107 Å². The molecule has 94 valence electrons. The maximum atomic E-state index is 11.7. The Morgan fingerprint density at radius 3 is 2.94 bits per heavy atom. The lowest BCUT2D eigenvalue weighted by atomic mass is 10.2. The maximum absolute atomic E-state index is 11.7. The number of methoxy groups -OCH3 is 1. The van der Waals surface area contributed by atoms with Gasteiger partial charge >= 0.3 is 0 Å². The summed E-state index contributed by atoms with van der Waals surface area (Å²) in [6.07, 6.45) is 6.70. The van der Waals surface area contributed by atoms with Crippen molar-refractivity contribution in [2.45, 2.75) is 0 Å². The zero-order chi connectivity index (χ0) is 13.4. The van der Waals surface area contributed by atoms with Crippen LogP contribution < -0.4 is 14.8 Å². The Morgan fingerprint density at radius 1 is 1.56 bits per heavy atom. The van der Waals surface area contributed by atoms with Crippen molar-refractivity contribution in [3.8, 4) is 23.8 Å². The molecule has 18 heavy (non-hydrogen) atoms. The molecule has 0 unspecified atom stereocenters. The zero-order valence-corrected chi connectivity index (χ0v) is 10.2. The zero-order valence-electron chi connectivity index (χ0n) is 10.2. The largest absolute Gasteiger partial charge is 0.493 e. The van der Waals surface area contributed by atoms with Crippen LogP contribution in [0, 0.1) is 12.3 Å². The van der Waals surface area contributed by atoms with E-state index in [2.05, 4.69) is 17.8 Å². The monoisotopic (exact) mass is 245 g/mol. The van der Waals surface area contributed by atoms with E-state index in [-0.39, 0.29) is 12.5 Å². The smallest absolute Gasteiger partial charge is 0.252 e. The first-order valence-corrected chi connectivity index (χ1v) is 5.36. The highest BCUT2D eigenvalue weighted by Crippen LogP contribution is 2.27. The van der Waals surface area contributed by atoms with E-state index in [1.807, 2.05) is 0 Å². The van der Waals surface area contributed by atoms with Gasteiger partial charge in [0.15, 0.2) is 11.5 Å². The van der Waals surface area contributed by atoms with Crippen molar-refractivity contribution < 1.29 is 14.3 Å². The van der Waals surface area contributed by atoms with Crippen molar-refractivity contribution in [3.63, 3.8) is 0 Å². The lowest BCUT2D eigenvalue weighted by molar-refractivity contribution is 0.0958. The van der Waals surface area contributed by atoms with Crippen molar-refractivity contribution in [2.75, 3.05) is 20.3 Å². The molecule has 1 amide bonds. The second-order valence-electron chi connectivity index (χ2n) is 3.35. The van der Waals surface area contributed by atoms with Crippen molar-refractivity contribution in [1.29, 1.82) is 0 Å². The number of terminal acetylenes is 1. The molecular weight excluding hydrogens is 230 g/mol. The average molecular weight is 245 g/mol. The fraction of sp³-hybridized carbons (Fsp3) is 0.214. The molecule has 0 aliphatic carbocycles. The van der Waals surface area contributed by atoms with E-state index < -0.39 is 0 Å². The summed E-state index contributed by atoms with van der Waals surface area (Å²) in [5, 5.41) is 2.57. The molecule has 4 heteroatoms. The highest BCUT2D eigenvalue weighted by atomic mass is 16.5. The number of benzene rings is 1. The van der Waals surface area contributed by atoms with Gasteiger partial charge in [0.1, 0.15) is 6.61 Å². The molecule has 0 atom stereocenters. The third-order valence-electron chi connectivity index (χ3n) is 2.13. The summed E-state index contributed by atoms with van der Waals surface area (Å²) in [5.74, 6) is 3.14. The molecule has 0 bridgehead atoms. The lowest BCUT2D eigenvalue weighted by Gasteiger charge is -2.10. The van der Waals surface area contributed by atoms with Crippen LogP contribution in [0.15, 0.2) is 30.9 Å². The van der Waals surface area contributed by atoms with Gasteiger partial charge in [-0.25, -0.2) is 0 Å².